The highest BCUT2D eigenvalue weighted by Crippen LogP contribution is 2.13. The van der Waals surface area contributed by atoms with Crippen molar-refractivity contribution in [2.24, 2.45) is 0 Å². The Hall–Kier alpha value is -2.08. The first-order valence-electron chi connectivity index (χ1n) is 9.40. The van der Waals surface area contributed by atoms with Crippen LogP contribution in [0.2, 0.25) is 0 Å². The first kappa shape index (κ1) is 19.2. The van der Waals surface area contributed by atoms with E-state index in [-0.39, 0.29) is 0 Å². The molecule has 2 rings (SSSR count). The molecule has 3 N–H and O–H groups in total. The van der Waals surface area contributed by atoms with E-state index in [1.54, 1.807) is 0 Å². The lowest BCUT2D eigenvalue weighted by molar-refractivity contribution is 0.314. The van der Waals surface area contributed by atoms with Crippen molar-refractivity contribution in [3.05, 3.63) is 36.2 Å². The second-order valence-electron chi connectivity index (χ2n) is 6.20. The van der Waals surface area contributed by atoms with E-state index < -0.39 is 0 Å². The summed E-state index contributed by atoms with van der Waals surface area (Å²) < 4.78 is 5.82. The van der Waals surface area contributed by atoms with E-state index >= 15 is 0 Å². The van der Waals surface area contributed by atoms with E-state index in [2.05, 4.69) is 50.9 Å². The van der Waals surface area contributed by atoms with Gasteiger partial charge >= 0.3 is 0 Å². The third-order valence-corrected chi connectivity index (χ3v) is 3.98. The molecule has 138 valence electrons. The molecule has 0 saturated carbocycles. The van der Waals surface area contributed by atoms with Crippen LogP contribution in [-0.2, 0) is 6.54 Å². The number of hydrogen-bond acceptors (Lipinski definition) is 5. The molecule has 6 heteroatoms. The second kappa shape index (κ2) is 12.3. The molecule has 25 heavy (non-hydrogen) atoms. The van der Waals surface area contributed by atoms with E-state index in [1.807, 2.05) is 6.07 Å². The Morgan fingerprint density at radius 2 is 2.00 bits per heavy atom. The quantitative estimate of drug-likeness (QED) is 0.455. The predicted molar refractivity (Wildman–Crippen MR) is 102 cm³/mol. The third kappa shape index (κ3) is 8.54. The Bertz CT molecular complexity index is 559. The van der Waals surface area contributed by atoms with E-state index in [1.165, 1.54) is 44.0 Å². The normalized spacial score (nSPS) is 10.8. The van der Waals surface area contributed by atoms with Crippen molar-refractivity contribution in [3.8, 4) is 5.75 Å². The maximum absolute atomic E-state index is 5.82. The molecule has 0 radical (unpaired) electrons. The van der Waals surface area contributed by atoms with Crippen LogP contribution in [0.25, 0.3) is 0 Å². The molecule has 6 nitrogen and oxygen atoms in total. The van der Waals surface area contributed by atoms with Gasteiger partial charge in [-0.1, -0.05) is 44.7 Å². The lowest BCUT2D eigenvalue weighted by atomic mass is 10.1. The number of unbranched alkanes of at least 4 members (excludes halogenated alkanes) is 4. The Morgan fingerprint density at radius 3 is 2.84 bits per heavy atom. The molecule has 0 bridgehead atoms. The summed E-state index contributed by atoms with van der Waals surface area (Å²) in [4.78, 5) is 4.01. The number of aromatic amines is 1. The van der Waals surface area contributed by atoms with Gasteiger partial charge < -0.3 is 15.4 Å². The summed E-state index contributed by atoms with van der Waals surface area (Å²) in [5, 5.41) is 13.2. The summed E-state index contributed by atoms with van der Waals surface area (Å²) in [7, 11) is 0. The van der Waals surface area contributed by atoms with Crippen LogP contribution >= 0.6 is 0 Å². The van der Waals surface area contributed by atoms with Crippen LogP contribution in [0.3, 0.4) is 0 Å². The Morgan fingerprint density at radius 1 is 1.08 bits per heavy atom. The SMILES string of the molecule is CCCCCCCNCc1cccc(OCCCNc2ncn[nH]2)c1. The number of benzene rings is 1. The zero-order valence-electron chi connectivity index (χ0n) is 15.3. The Balaban J connectivity index is 1.55. The third-order valence-electron chi connectivity index (χ3n) is 3.98. The van der Waals surface area contributed by atoms with Crippen LogP contribution in [0.1, 0.15) is 51.0 Å². The maximum Gasteiger partial charge on any atom is 0.218 e. The number of ether oxygens (including phenoxy) is 1. The molecule has 0 spiro atoms. The standard InChI is InChI=1S/C19H31N5O/c1-2-3-4-5-6-11-20-15-17-9-7-10-18(14-17)25-13-8-12-21-19-22-16-23-24-19/h7,9-10,14,16,20H,2-6,8,11-13,15H2,1H3,(H2,21,22,23,24). The molecular weight excluding hydrogens is 314 g/mol. The smallest absolute Gasteiger partial charge is 0.218 e. The van der Waals surface area contributed by atoms with Crippen LogP contribution in [0.4, 0.5) is 5.95 Å². The molecule has 1 heterocycles. The van der Waals surface area contributed by atoms with Gasteiger partial charge in [0.1, 0.15) is 12.1 Å². The molecule has 0 atom stereocenters. The summed E-state index contributed by atoms with van der Waals surface area (Å²) in [6, 6.07) is 8.33. The highest BCUT2D eigenvalue weighted by atomic mass is 16.5. The second-order valence-corrected chi connectivity index (χ2v) is 6.20. The fourth-order valence-corrected chi connectivity index (χ4v) is 2.59. The van der Waals surface area contributed by atoms with Crippen molar-refractivity contribution < 1.29 is 4.74 Å². The van der Waals surface area contributed by atoms with Gasteiger partial charge in [0.2, 0.25) is 5.95 Å². The number of hydrogen-bond donors (Lipinski definition) is 3. The van der Waals surface area contributed by atoms with Crippen molar-refractivity contribution in [1.29, 1.82) is 0 Å². The summed E-state index contributed by atoms with van der Waals surface area (Å²) >= 11 is 0. The van der Waals surface area contributed by atoms with Gasteiger partial charge in [-0.3, -0.25) is 0 Å². The van der Waals surface area contributed by atoms with Crippen molar-refractivity contribution >= 4 is 5.95 Å². The van der Waals surface area contributed by atoms with Crippen molar-refractivity contribution in [2.45, 2.75) is 52.0 Å². The number of H-pyrrole nitrogens is 1. The van der Waals surface area contributed by atoms with Crippen molar-refractivity contribution in [1.82, 2.24) is 20.5 Å². The minimum atomic E-state index is 0.676. The van der Waals surface area contributed by atoms with Gasteiger partial charge in [0, 0.05) is 13.1 Å². The lowest BCUT2D eigenvalue weighted by Crippen LogP contribution is -2.14. The van der Waals surface area contributed by atoms with E-state index in [9.17, 15) is 0 Å². The summed E-state index contributed by atoms with van der Waals surface area (Å²) in [5.41, 5.74) is 1.27. The highest BCUT2D eigenvalue weighted by Gasteiger charge is 1.98. The van der Waals surface area contributed by atoms with Crippen LogP contribution in [0.5, 0.6) is 5.75 Å². The van der Waals surface area contributed by atoms with Crippen LogP contribution in [0.15, 0.2) is 30.6 Å². The molecule has 0 amide bonds. The average molecular weight is 345 g/mol. The largest absolute Gasteiger partial charge is 0.494 e. The highest BCUT2D eigenvalue weighted by molar-refractivity contribution is 5.28. The summed E-state index contributed by atoms with van der Waals surface area (Å²) in [5.74, 6) is 1.63. The van der Waals surface area contributed by atoms with E-state index in [0.29, 0.717) is 12.6 Å². The maximum atomic E-state index is 5.82. The Kier molecular flexibility index (Phi) is 9.47. The monoisotopic (exact) mass is 345 g/mol. The van der Waals surface area contributed by atoms with E-state index in [4.69, 9.17) is 4.74 Å². The van der Waals surface area contributed by atoms with Crippen LogP contribution in [0, 0.1) is 0 Å². The molecule has 2 aromatic rings. The van der Waals surface area contributed by atoms with Gasteiger partial charge in [-0.2, -0.15) is 5.10 Å². The number of aromatic nitrogens is 3. The minimum Gasteiger partial charge on any atom is -0.494 e. The topological polar surface area (TPSA) is 74.9 Å². The average Bonchev–Trinajstić information content (AvgIpc) is 3.14. The fourth-order valence-electron chi connectivity index (χ4n) is 2.59. The molecule has 1 aromatic carbocycles. The van der Waals surface area contributed by atoms with Crippen molar-refractivity contribution in [2.75, 3.05) is 25.0 Å². The van der Waals surface area contributed by atoms with Crippen LogP contribution in [-0.4, -0.2) is 34.9 Å². The summed E-state index contributed by atoms with van der Waals surface area (Å²) in [6.07, 6.45) is 8.99. The number of rotatable bonds is 14. The van der Waals surface area contributed by atoms with Gasteiger partial charge in [-0.15, -0.1) is 0 Å². The van der Waals surface area contributed by atoms with Gasteiger partial charge in [0.25, 0.3) is 0 Å². The van der Waals surface area contributed by atoms with E-state index in [0.717, 1.165) is 31.8 Å². The number of anilines is 1. The zero-order chi connectivity index (χ0) is 17.6. The lowest BCUT2D eigenvalue weighted by Gasteiger charge is -2.09. The van der Waals surface area contributed by atoms with Gasteiger partial charge in [0.05, 0.1) is 6.61 Å². The molecule has 1 aromatic heterocycles. The number of nitrogens with zero attached hydrogens (tertiary/aromatic N) is 2. The first-order valence-corrected chi connectivity index (χ1v) is 9.40. The molecular formula is C19H31N5O. The van der Waals surface area contributed by atoms with Gasteiger partial charge in [-0.25, -0.2) is 10.1 Å². The zero-order valence-corrected chi connectivity index (χ0v) is 15.3. The first-order chi connectivity index (χ1) is 12.4. The molecule has 0 saturated heterocycles. The molecule has 0 aliphatic rings. The summed E-state index contributed by atoms with van der Waals surface area (Å²) in [6.45, 7) is 5.71. The predicted octanol–water partition coefficient (Wildman–Crippen LogP) is 3.75. The molecule has 0 unspecified atom stereocenters. The van der Waals surface area contributed by atoms with Crippen molar-refractivity contribution in [3.63, 3.8) is 0 Å². The number of nitrogens with one attached hydrogen (secondary N) is 3. The molecule has 0 aliphatic carbocycles. The fraction of sp³-hybridized carbons (Fsp3) is 0.579. The van der Waals surface area contributed by atoms with Gasteiger partial charge in [0.15, 0.2) is 0 Å². The van der Waals surface area contributed by atoms with Gasteiger partial charge in [-0.05, 0) is 37.1 Å². The minimum absolute atomic E-state index is 0.676. The molecule has 0 aliphatic heterocycles. The molecule has 0 fully saturated rings. The van der Waals surface area contributed by atoms with Crippen LogP contribution < -0.4 is 15.4 Å². The Labute approximate surface area is 150 Å².